The molecule has 0 radical (unpaired) electrons. The minimum Gasteiger partial charge on any atom is -0.478 e. The summed E-state index contributed by atoms with van der Waals surface area (Å²) < 4.78 is 5.13. The van der Waals surface area contributed by atoms with Crippen molar-refractivity contribution in [2.45, 2.75) is 0 Å². The molecule has 0 atom stereocenters. The van der Waals surface area contributed by atoms with Crippen LogP contribution >= 0.6 is 0 Å². The summed E-state index contributed by atoms with van der Waals surface area (Å²) in [4.78, 5) is 25.4. The van der Waals surface area contributed by atoms with Crippen molar-refractivity contribution >= 4 is 17.6 Å². The molecule has 0 aliphatic carbocycles. The first-order chi connectivity index (χ1) is 9.15. The normalized spacial score (nSPS) is 10.5. The number of nitrogens with zero attached hydrogens (tertiary/aromatic N) is 1. The summed E-state index contributed by atoms with van der Waals surface area (Å²) in [6.45, 7) is 0. The number of amides is 1. The molecule has 1 aromatic heterocycles. The number of carbonyl (C=O) groups is 2. The Hall–Kier alpha value is -2.89. The number of aliphatic carboxylic acids is 1. The fraction of sp³-hybridized carbons (Fsp3) is 0. The van der Waals surface area contributed by atoms with Crippen LogP contribution in [-0.4, -0.2) is 22.0 Å². The van der Waals surface area contributed by atoms with Crippen molar-refractivity contribution in [3.8, 4) is 11.3 Å². The Balaban J connectivity index is 2.03. The van der Waals surface area contributed by atoms with E-state index in [9.17, 15) is 9.59 Å². The SMILES string of the molecule is O=C(O)/C=C/C(=O)Nc1ccc(-c2cnco2)cc1. The van der Waals surface area contributed by atoms with Crippen molar-refractivity contribution < 1.29 is 19.1 Å². The molecule has 96 valence electrons. The summed E-state index contributed by atoms with van der Waals surface area (Å²) in [5, 5.41) is 10.9. The van der Waals surface area contributed by atoms with E-state index in [1.807, 2.05) is 0 Å². The summed E-state index contributed by atoms with van der Waals surface area (Å²) in [7, 11) is 0. The third-order valence-electron chi connectivity index (χ3n) is 2.25. The third-order valence-corrected chi connectivity index (χ3v) is 2.25. The molecule has 1 amide bonds. The Morgan fingerprint density at radius 3 is 2.53 bits per heavy atom. The zero-order valence-electron chi connectivity index (χ0n) is 9.74. The zero-order valence-corrected chi connectivity index (χ0v) is 9.74. The van der Waals surface area contributed by atoms with Gasteiger partial charge in [0.1, 0.15) is 0 Å². The van der Waals surface area contributed by atoms with Crippen molar-refractivity contribution in [2.24, 2.45) is 0 Å². The highest BCUT2D eigenvalue weighted by atomic mass is 16.4. The van der Waals surface area contributed by atoms with Crippen LogP contribution in [0.4, 0.5) is 5.69 Å². The second-order valence-electron chi connectivity index (χ2n) is 3.60. The molecule has 6 nitrogen and oxygen atoms in total. The number of hydrogen-bond donors (Lipinski definition) is 2. The molecule has 0 unspecified atom stereocenters. The fourth-order valence-corrected chi connectivity index (χ4v) is 1.41. The molecule has 1 aromatic carbocycles. The van der Waals surface area contributed by atoms with Crippen molar-refractivity contribution in [1.29, 1.82) is 0 Å². The summed E-state index contributed by atoms with van der Waals surface area (Å²) in [6, 6.07) is 6.89. The number of aromatic nitrogens is 1. The van der Waals surface area contributed by atoms with Gasteiger partial charge in [0, 0.05) is 23.4 Å². The van der Waals surface area contributed by atoms with Crippen LogP contribution < -0.4 is 5.32 Å². The molecule has 0 saturated heterocycles. The third kappa shape index (κ3) is 3.53. The van der Waals surface area contributed by atoms with E-state index in [2.05, 4.69) is 10.3 Å². The van der Waals surface area contributed by atoms with Crippen LogP contribution in [0.5, 0.6) is 0 Å². The Morgan fingerprint density at radius 2 is 1.95 bits per heavy atom. The maximum atomic E-state index is 11.3. The second-order valence-corrected chi connectivity index (χ2v) is 3.60. The maximum Gasteiger partial charge on any atom is 0.328 e. The van der Waals surface area contributed by atoms with Crippen LogP contribution in [0.25, 0.3) is 11.3 Å². The van der Waals surface area contributed by atoms with Crippen molar-refractivity contribution in [3.63, 3.8) is 0 Å². The maximum absolute atomic E-state index is 11.3. The van der Waals surface area contributed by atoms with Crippen LogP contribution in [-0.2, 0) is 9.59 Å². The van der Waals surface area contributed by atoms with Crippen molar-refractivity contribution in [1.82, 2.24) is 4.98 Å². The van der Waals surface area contributed by atoms with Gasteiger partial charge in [-0.2, -0.15) is 0 Å². The van der Waals surface area contributed by atoms with Gasteiger partial charge in [-0.05, 0) is 24.3 Å². The molecule has 6 heteroatoms. The summed E-state index contributed by atoms with van der Waals surface area (Å²) >= 11 is 0. The fourth-order valence-electron chi connectivity index (χ4n) is 1.41. The highest BCUT2D eigenvalue weighted by Gasteiger charge is 2.02. The standard InChI is InChI=1S/C13H10N2O4/c16-12(5-6-13(17)18)15-10-3-1-9(2-4-10)11-7-14-8-19-11/h1-8H,(H,15,16)(H,17,18)/b6-5+. The van der Waals surface area contributed by atoms with Gasteiger partial charge in [0.15, 0.2) is 12.2 Å². The van der Waals surface area contributed by atoms with Gasteiger partial charge in [-0.1, -0.05) is 0 Å². The van der Waals surface area contributed by atoms with E-state index >= 15 is 0 Å². The van der Waals surface area contributed by atoms with Gasteiger partial charge in [-0.25, -0.2) is 9.78 Å². The number of carboxylic acids is 1. The van der Waals surface area contributed by atoms with E-state index in [0.29, 0.717) is 11.4 Å². The number of oxazole rings is 1. The molecule has 0 spiro atoms. The quantitative estimate of drug-likeness (QED) is 0.817. The first kappa shape index (κ1) is 12.6. The highest BCUT2D eigenvalue weighted by Crippen LogP contribution is 2.20. The van der Waals surface area contributed by atoms with Crippen LogP contribution in [0.15, 0.2) is 53.4 Å². The van der Waals surface area contributed by atoms with Crippen LogP contribution in [0.3, 0.4) is 0 Å². The molecule has 0 fully saturated rings. The van der Waals surface area contributed by atoms with Gasteiger partial charge < -0.3 is 14.8 Å². The molecule has 1 heterocycles. The number of rotatable bonds is 4. The lowest BCUT2D eigenvalue weighted by Crippen LogP contribution is -2.08. The summed E-state index contributed by atoms with van der Waals surface area (Å²) in [5.41, 5.74) is 1.39. The van der Waals surface area contributed by atoms with Gasteiger partial charge in [-0.15, -0.1) is 0 Å². The molecule has 0 aliphatic heterocycles. The van der Waals surface area contributed by atoms with E-state index in [0.717, 1.165) is 17.7 Å². The molecule has 2 rings (SSSR count). The molecular weight excluding hydrogens is 248 g/mol. The minimum atomic E-state index is -1.17. The zero-order chi connectivity index (χ0) is 13.7. The average Bonchev–Trinajstić information content (AvgIpc) is 2.91. The second kappa shape index (κ2) is 5.63. The Morgan fingerprint density at radius 1 is 1.21 bits per heavy atom. The number of carboxylic acid groups (broad SMARTS) is 1. The molecular formula is C13H10N2O4. The van der Waals surface area contributed by atoms with E-state index in [4.69, 9.17) is 9.52 Å². The topological polar surface area (TPSA) is 92.4 Å². The van der Waals surface area contributed by atoms with Gasteiger partial charge in [0.2, 0.25) is 5.91 Å². The van der Waals surface area contributed by atoms with Gasteiger partial charge in [-0.3, -0.25) is 4.79 Å². The van der Waals surface area contributed by atoms with Gasteiger partial charge in [0.05, 0.1) is 6.20 Å². The van der Waals surface area contributed by atoms with Crippen molar-refractivity contribution in [3.05, 3.63) is 49.0 Å². The monoisotopic (exact) mass is 258 g/mol. The lowest BCUT2D eigenvalue weighted by molar-refractivity contribution is -0.131. The summed E-state index contributed by atoms with van der Waals surface area (Å²) in [6.07, 6.45) is 4.65. The Labute approximate surface area is 108 Å². The van der Waals surface area contributed by atoms with Gasteiger partial charge in [0.25, 0.3) is 0 Å². The van der Waals surface area contributed by atoms with Crippen molar-refractivity contribution in [2.75, 3.05) is 5.32 Å². The number of hydrogen-bond acceptors (Lipinski definition) is 4. The minimum absolute atomic E-state index is 0.505. The predicted molar refractivity (Wildman–Crippen MR) is 67.3 cm³/mol. The van der Waals surface area contributed by atoms with E-state index < -0.39 is 11.9 Å². The molecule has 0 aliphatic rings. The molecule has 0 saturated carbocycles. The number of benzene rings is 1. The highest BCUT2D eigenvalue weighted by molar-refractivity contribution is 6.02. The first-order valence-corrected chi connectivity index (χ1v) is 5.36. The first-order valence-electron chi connectivity index (χ1n) is 5.36. The van der Waals surface area contributed by atoms with E-state index in [-0.39, 0.29) is 0 Å². The Kier molecular flexibility index (Phi) is 3.72. The average molecular weight is 258 g/mol. The largest absolute Gasteiger partial charge is 0.478 e. The molecule has 19 heavy (non-hydrogen) atoms. The number of anilines is 1. The number of nitrogens with one attached hydrogen (secondary N) is 1. The summed E-state index contributed by atoms with van der Waals surface area (Å²) in [5.74, 6) is -1.05. The van der Waals surface area contributed by atoms with Gasteiger partial charge >= 0.3 is 5.97 Å². The van der Waals surface area contributed by atoms with E-state index in [1.165, 1.54) is 6.39 Å². The van der Waals surface area contributed by atoms with Crippen LogP contribution in [0, 0.1) is 0 Å². The van der Waals surface area contributed by atoms with Crippen LogP contribution in [0.1, 0.15) is 0 Å². The Bertz CT molecular complexity index is 600. The molecule has 2 N–H and O–H groups in total. The smallest absolute Gasteiger partial charge is 0.328 e. The lowest BCUT2D eigenvalue weighted by atomic mass is 10.1. The van der Waals surface area contributed by atoms with E-state index in [1.54, 1.807) is 30.5 Å². The lowest BCUT2D eigenvalue weighted by Gasteiger charge is -2.02. The molecule has 0 bridgehead atoms. The molecule has 2 aromatic rings. The predicted octanol–water partition coefficient (Wildman–Crippen LogP) is 1.92. The number of carbonyl (C=O) groups excluding carboxylic acids is 1. The van der Waals surface area contributed by atoms with Crippen LogP contribution in [0.2, 0.25) is 0 Å².